The third kappa shape index (κ3) is 7.62. The van der Waals surface area contributed by atoms with Crippen LogP contribution in [-0.2, 0) is 4.74 Å². The molecule has 0 saturated carbocycles. The van der Waals surface area contributed by atoms with Crippen molar-refractivity contribution in [3.63, 3.8) is 0 Å². The second-order valence-electron chi connectivity index (χ2n) is 6.74. The standard InChI is InChI=1S/C25H24N2O5S/c1-2-30-24(29)18-11-13-20(14-12-18)26-25(33)27-23(28)19-7-6-10-22(17-19)32-16-15-31-21-8-4-3-5-9-21/h3-14,17H,2,15-16H2,1H3,(H2,26,27,28,33). The molecule has 3 aromatic carbocycles. The van der Waals surface area contributed by atoms with Gasteiger partial charge in [-0.25, -0.2) is 4.79 Å². The van der Waals surface area contributed by atoms with Crippen molar-refractivity contribution in [3.8, 4) is 11.5 Å². The average Bonchev–Trinajstić information content (AvgIpc) is 2.83. The van der Waals surface area contributed by atoms with E-state index in [1.54, 1.807) is 55.5 Å². The molecule has 0 atom stereocenters. The number of carbonyl (C=O) groups excluding carboxylic acids is 2. The molecule has 0 aliphatic carbocycles. The summed E-state index contributed by atoms with van der Waals surface area (Å²) >= 11 is 5.22. The number of anilines is 1. The van der Waals surface area contributed by atoms with Crippen LogP contribution in [0.25, 0.3) is 0 Å². The van der Waals surface area contributed by atoms with Gasteiger partial charge in [-0.1, -0.05) is 24.3 Å². The van der Waals surface area contributed by atoms with Gasteiger partial charge in [0.2, 0.25) is 0 Å². The van der Waals surface area contributed by atoms with Crippen LogP contribution in [0.2, 0.25) is 0 Å². The largest absolute Gasteiger partial charge is 0.490 e. The summed E-state index contributed by atoms with van der Waals surface area (Å²) in [6, 6.07) is 22.8. The highest BCUT2D eigenvalue weighted by atomic mass is 32.1. The molecule has 0 aromatic heterocycles. The molecule has 2 N–H and O–H groups in total. The molecule has 0 unspecified atom stereocenters. The van der Waals surface area contributed by atoms with E-state index in [9.17, 15) is 9.59 Å². The van der Waals surface area contributed by atoms with Crippen LogP contribution in [0.4, 0.5) is 5.69 Å². The third-order valence-corrected chi connectivity index (χ3v) is 4.55. The topological polar surface area (TPSA) is 85.9 Å². The van der Waals surface area contributed by atoms with Gasteiger partial charge in [0, 0.05) is 11.3 Å². The maximum absolute atomic E-state index is 12.5. The summed E-state index contributed by atoms with van der Waals surface area (Å²) in [6.45, 7) is 2.77. The summed E-state index contributed by atoms with van der Waals surface area (Å²) in [6.07, 6.45) is 0. The van der Waals surface area contributed by atoms with Crippen molar-refractivity contribution in [1.82, 2.24) is 5.32 Å². The van der Waals surface area contributed by atoms with E-state index >= 15 is 0 Å². The molecule has 8 heteroatoms. The lowest BCUT2D eigenvalue weighted by atomic mass is 10.2. The van der Waals surface area contributed by atoms with Gasteiger partial charge in [-0.05, 0) is 73.7 Å². The molecule has 0 bridgehead atoms. The van der Waals surface area contributed by atoms with Gasteiger partial charge in [0.25, 0.3) is 5.91 Å². The Labute approximate surface area is 197 Å². The number of hydrogen-bond acceptors (Lipinski definition) is 6. The first-order valence-electron chi connectivity index (χ1n) is 10.4. The van der Waals surface area contributed by atoms with E-state index in [0.717, 1.165) is 5.75 Å². The Bertz CT molecular complexity index is 1090. The predicted molar refractivity (Wildman–Crippen MR) is 130 cm³/mol. The monoisotopic (exact) mass is 464 g/mol. The zero-order valence-corrected chi connectivity index (χ0v) is 18.9. The van der Waals surface area contributed by atoms with Crippen molar-refractivity contribution in [1.29, 1.82) is 0 Å². The number of hydrogen-bond donors (Lipinski definition) is 2. The molecule has 3 aromatic rings. The number of benzene rings is 3. The molecule has 0 radical (unpaired) electrons. The first kappa shape index (κ1) is 23.7. The summed E-state index contributed by atoms with van der Waals surface area (Å²) in [7, 11) is 0. The number of esters is 1. The van der Waals surface area contributed by atoms with Gasteiger partial charge in [0.05, 0.1) is 12.2 Å². The zero-order chi connectivity index (χ0) is 23.5. The fourth-order valence-corrected chi connectivity index (χ4v) is 3.02. The molecule has 0 spiro atoms. The molecule has 7 nitrogen and oxygen atoms in total. The summed E-state index contributed by atoms with van der Waals surface area (Å²) in [5, 5.41) is 5.67. The van der Waals surface area contributed by atoms with Crippen LogP contribution in [0, 0.1) is 0 Å². The SMILES string of the molecule is CCOC(=O)c1ccc(NC(=S)NC(=O)c2cccc(OCCOc3ccccc3)c2)cc1. The molecular weight excluding hydrogens is 440 g/mol. The molecule has 170 valence electrons. The minimum absolute atomic E-state index is 0.131. The molecule has 0 aliphatic heterocycles. The number of carbonyl (C=O) groups is 2. The van der Waals surface area contributed by atoms with Crippen LogP contribution in [0.3, 0.4) is 0 Å². The van der Waals surface area contributed by atoms with Gasteiger partial charge in [-0.15, -0.1) is 0 Å². The smallest absolute Gasteiger partial charge is 0.338 e. The van der Waals surface area contributed by atoms with Gasteiger partial charge >= 0.3 is 5.97 Å². The number of thiocarbonyl (C=S) groups is 1. The molecule has 0 aliphatic rings. The van der Waals surface area contributed by atoms with Gasteiger partial charge in [0.1, 0.15) is 24.7 Å². The minimum atomic E-state index is -0.395. The summed E-state index contributed by atoms with van der Waals surface area (Å²) in [5.74, 6) is 0.550. The fourth-order valence-electron chi connectivity index (χ4n) is 2.80. The van der Waals surface area contributed by atoms with E-state index in [-0.39, 0.29) is 11.0 Å². The lowest BCUT2D eigenvalue weighted by molar-refractivity contribution is 0.0526. The predicted octanol–water partition coefficient (Wildman–Crippen LogP) is 4.45. The van der Waals surface area contributed by atoms with Crippen LogP contribution in [0.1, 0.15) is 27.6 Å². The lowest BCUT2D eigenvalue weighted by Crippen LogP contribution is -2.34. The summed E-state index contributed by atoms with van der Waals surface area (Å²) in [4.78, 5) is 24.3. The molecular formula is C25H24N2O5S. The average molecular weight is 465 g/mol. The first-order chi connectivity index (χ1) is 16.0. The molecule has 33 heavy (non-hydrogen) atoms. The Morgan fingerprint density at radius 2 is 1.48 bits per heavy atom. The van der Waals surface area contributed by atoms with E-state index in [2.05, 4.69) is 10.6 Å². The van der Waals surface area contributed by atoms with Crippen molar-refractivity contribution in [2.75, 3.05) is 25.1 Å². The maximum atomic E-state index is 12.5. The van der Waals surface area contributed by atoms with Crippen molar-refractivity contribution in [2.24, 2.45) is 0 Å². The van der Waals surface area contributed by atoms with Crippen molar-refractivity contribution >= 4 is 34.9 Å². The van der Waals surface area contributed by atoms with Crippen LogP contribution in [0.15, 0.2) is 78.9 Å². The quantitative estimate of drug-likeness (QED) is 0.275. The first-order valence-corrected chi connectivity index (χ1v) is 10.8. The van der Waals surface area contributed by atoms with Crippen LogP contribution in [-0.4, -0.2) is 36.8 Å². The highest BCUT2D eigenvalue weighted by molar-refractivity contribution is 7.80. The van der Waals surface area contributed by atoms with Gasteiger partial charge in [-0.3, -0.25) is 10.1 Å². The number of amides is 1. The summed E-state index contributed by atoms with van der Waals surface area (Å²) in [5.41, 5.74) is 1.46. The molecule has 0 saturated heterocycles. The zero-order valence-electron chi connectivity index (χ0n) is 18.1. The Morgan fingerprint density at radius 3 is 2.18 bits per heavy atom. The Hall–Kier alpha value is -3.91. The lowest BCUT2D eigenvalue weighted by Gasteiger charge is -2.11. The molecule has 3 rings (SSSR count). The molecule has 0 heterocycles. The van der Waals surface area contributed by atoms with E-state index in [1.165, 1.54) is 0 Å². The second-order valence-corrected chi connectivity index (χ2v) is 7.15. The molecule has 0 fully saturated rings. The highest BCUT2D eigenvalue weighted by Crippen LogP contribution is 2.15. The van der Waals surface area contributed by atoms with Gasteiger partial charge < -0.3 is 19.5 Å². The Balaban J connectivity index is 1.47. The number of nitrogens with one attached hydrogen (secondary N) is 2. The number of ether oxygens (including phenoxy) is 3. The van der Waals surface area contributed by atoms with E-state index in [1.807, 2.05) is 30.3 Å². The normalized spacial score (nSPS) is 10.1. The Kier molecular flexibility index (Phi) is 8.79. The number of rotatable bonds is 9. The van der Waals surface area contributed by atoms with Crippen LogP contribution in [0.5, 0.6) is 11.5 Å². The highest BCUT2D eigenvalue weighted by Gasteiger charge is 2.10. The van der Waals surface area contributed by atoms with Crippen LogP contribution < -0.4 is 20.1 Å². The van der Waals surface area contributed by atoms with Crippen molar-refractivity contribution < 1.29 is 23.8 Å². The van der Waals surface area contributed by atoms with Gasteiger partial charge in [0.15, 0.2) is 5.11 Å². The minimum Gasteiger partial charge on any atom is -0.490 e. The van der Waals surface area contributed by atoms with Crippen LogP contribution >= 0.6 is 12.2 Å². The molecule has 1 amide bonds. The summed E-state index contributed by atoms with van der Waals surface area (Å²) < 4.78 is 16.2. The maximum Gasteiger partial charge on any atom is 0.338 e. The van der Waals surface area contributed by atoms with E-state index < -0.39 is 5.97 Å². The third-order valence-electron chi connectivity index (χ3n) is 4.34. The van der Waals surface area contributed by atoms with Crippen molar-refractivity contribution in [3.05, 3.63) is 90.0 Å². The number of para-hydroxylation sites is 1. The van der Waals surface area contributed by atoms with Gasteiger partial charge in [-0.2, -0.15) is 0 Å². The fraction of sp³-hybridized carbons (Fsp3) is 0.160. The van der Waals surface area contributed by atoms with Crippen molar-refractivity contribution in [2.45, 2.75) is 6.92 Å². The van der Waals surface area contributed by atoms with E-state index in [0.29, 0.717) is 42.4 Å². The Morgan fingerprint density at radius 1 is 0.818 bits per heavy atom. The van der Waals surface area contributed by atoms with E-state index in [4.69, 9.17) is 26.4 Å². The second kappa shape index (κ2) is 12.2.